The van der Waals surface area contributed by atoms with Gasteiger partial charge in [-0.25, -0.2) is 0 Å². The Balaban J connectivity index is 3.71. The number of carboxylic acids is 1. The number of carboxylic acid groups (broad SMARTS) is 1. The van der Waals surface area contributed by atoms with Crippen molar-refractivity contribution in [3.05, 3.63) is 0 Å². The summed E-state index contributed by atoms with van der Waals surface area (Å²) in [6.07, 6.45) is 1.69. The van der Waals surface area contributed by atoms with Gasteiger partial charge >= 0.3 is 5.97 Å². The van der Waals surface area contributed by atoms with Crippen LogP contribution in [0.15, 0.2) is 0 Å². The SMILES string of the molecule is CCCC(CNC(C)C)C(=O)O. The molecule has 12 heavy (non-hydrogen) atoms. The Morgan fingerprint density at radius 3 is 2.42 bits per heavy atom. The molecule has 0 heterocycles. The van der Waals surface area contributed by atoms with Crippen LogP contribution >= 0.6 is 0 Å². The number of hydrogen-bond donors (Lipinski definition) is 2. The molecule has 0 saturated heterocycles. The molecule has 0 aromatic heterocycles. The predicted octanol–water partition coefficient (Wildman–Crippen LogP) is 1.49. The van der Waals surface area contributed by atoms with E-state index in [4.69, 9.17) is 5.11 Å². The van der Waals surface area contributed by atoms with Crippen LogP contribution in [0.1, 0.15) is 33.6 Å². The highest BCUT2D eigenvalue weighted by Crippen LogP contribution is 2.05. The van der Waals surface area contributed by atoms with Crippen LogP contribution in [0.4, 0.5) is 0 Å². The van der Waals surface area contributed by atoms with E-state index in [1.165, 1.54) is 0 Å². The minimum absolute atomic E-state index is 0.225. The van der Waals surface area contributed by atoms with Crippen molar-refractivity contribution in [2.75, 3.05) is 6.54 Å². The summed E-state index contributed by atoms with van der Waals surface area (Å²) < 4.78 is 0. The van der Waals surface area contributed by atoms with E-state index < -0.39 is 5.97 Å². The van der Waals surface area contributed by atoms with E-state index in [0.717, 1.165) is 12.8 Å². The van der Waals surface area contributed by atoms with E-state index >= 15 is 0 Å². The molecule has 0 aromatic carbocycles. The van der Waals surface area contributed by atoms with Crippen LogP contribution in [0.3, 0.4) is 0 Å². The Bertz CT molecular complexity index is 134. The third-order valence-electron chi connectivity index (χ3n) is 1.76. The average molecular weight is 173 g/mol. The molecule has 0 saturated carbocycles. The quantitative estimate of drug-likeness (QED) is 0.639. The second-order valence-electron chi connectivity index (χ2n) is 3.39. The zero-order valence-corrected chi connectivity index (χ0v) is 8.13. The van der Waals surface area contributed by atoms with E-state index in [2.05, 4.69) is 5.32 Å². The van der Waals surface area contributed by atoms with Crippen molar-refractivity contribution in [3.63, 3.8) is 0 Å². The summed E-state index contributed by atoms with van der Waals surface area (Å²) in [5, 5.41) is 11.9. The molecule has 0 bridgehead atoms. The molecule has 0 fully saturated rings. The maximum absolute atomic E-state index is 10.7. The second kappa shape index (κ2) is 6.00. The van der Waals surface area contributed by atoms with Gasteiger partial charge in [-0.2, -0.15) is 0 Å². The highest BCUT2D eigenvalue weighted by molar-refractivity contribution is 5.70. The van der Waals surface area contributed by atoms with Crippen molar-refractivity contribution in [2.45, 2.75) is 39.7 Å². The van der Waals surface area contributed by atoms with Crippen LogP contribution in [0.2, 0.25) is 0 Å². The Labute approximate surface area is 74.2 Å². The van der Waals surface area contributed by atoms with Crippen molar-refractivity contribution in [2.24, 2.45) is 5.92 Å². The van der Waals surface area contributed by atoms with Crippen molar-refractivity contribution in [1.82, 2.24) is 5.32 Å². The third kappa shape index (κ3) is 5.13. The largest absolute Gasteiger partial charge is 0.481 e. The first-order valence-corrected chi connectivity index (χ1v) is 4.54. The molecule has 0 rings (SSSR count). The summed E-state index contributed by atoms with van der Waals surface area (Å²) in [5.41, 5.74) is 0. The first kappa shape index (κ1) is 11.4. The van der Waals surface area contributed by atoms with Gasteiger partial charge in [0.2, 0.25) is 0 Å². The van der Waals surface area contributed by atoms with E-state index in [-0.39, 0.29) is 5.92 Å². The van der Waals surface area contributed by atoms with Gasteiger partial charge in [-0.1, -0.05) is 27.2 Å². The van der Waals surface area contributed by atoms with Crippen LogP contribution in [0.25, 0.3) is 0 Å². The first-order valence-electron chi connectivity index (χ1n) is 4.54. The Morgan fingerprint density at radius 1 is 1.50 bits per heavy atom. The van der Waals surface area contributed by atoms with Gasteiger partial charge < -0.3 is 10.4 Å². The summed E-state index contributed by atoms with van der Waals surface area (Å²) >= 11 is 0. The lowest BCUT2D eigenvalue weighted by Gasteiger charge is -2.14. The monoisotopic (exact) mass is 173 g/mol. The fourth-order valence-corrected chi connectivity index (χ4v) is 1.04. The molecule has 1 unspecified atom stereocenters. The van der Waals surface area contributed by atoms with Crippen molar-refractivity contribution in [3.8, 4) is 0 Å². The molecule has 3 nitrogen and oxygen atoms in total. The Kier molecular flexibility index (Phi) is 5.72. The van der Waals surface area contributed by atoms with Crippen molar-refractivity contribution < 1.29 is 9.90 Å². The van der Waals surface area contributed by atoms with Gasteiger partial charge in [-0.15, -0.1) is 0 Å². The summed E-state index contributed by atoms with van der Waals surface area (Å²) in [6.45, 7) is 6.63. The van der Waals surface area contributed by atoms with E-state index in [1.807, 2.05) is 20.8 Å². The van der Waals surface area contributed by atoms with E-state index in [1.54, 1.807) is 0 Å². The second-order valence-corrected chi connectivity index (χ2v) is 3.39. The molecule has 0 spiro atoms. The number of rotatable bonds is 6. The molecule has 0 aromatic rings. The number of aliphatic carboxylic acids is 1. The lowest BCUT2D eigenvalue weighted by atomic mass is 10.0. The minimum atomic E-state index is -0.690. The molecule has 0 aliphatic rings. The zero-order valence-electron chi connectivity index (χ0n) is 8.13. The van der Waals surface area contributed by atoms with Crippen LogP contribution in [0, 0.1) is 5.92 Å². The van der Waals surface area contributed by atoms with Crippen LogP contribution in [0.5, 0.6) is 0 Å². The molecule has 72 valence electrons. The van der Waals surface area contributed by atoms with Gasteiger partial charge in [0.15, 0.2) is 0 Å². The van der Waals surface area contributed by atoms with Gasteiger partial charge in [-0.05, 0) is 6.42 Å². The van der Waals surface area contributed by atoms with Crippen LogP contribution < -0.4 is 5.32 Å². The molecule has 2 N–H and O–H groups in total. The van der Waals surface area contributed by atoms with Gasteiger partial charge in [-0.3, -0.25) is 4.79 Å². The smallest absolute Gasteiger partial charge is 0.307 e. The summed E-state index contributed by atoms with van der Waals surface area (Å²) in [7, 11) is 0. The standard InChI is InChI=1S/C9H19NO2/c1-4-5-8(9(11)12)6-10-7(2)3/h7-8,10H,4-6H2,1-3H3,(H,11,12). The maximum Gasteiger partial charge on any atom is 0.307 e. The summed E-state index contributed by atoms with van der Waals surface area (Å²) in [6, 6.07) is 0.365. The molecular weight excluding hydrogens is 154 g/mol. The normalized spacial score (nSPS) is 13.3. The number of carbonyl (C=O) groups is 1. The van der Waals surface area contributed by atoms with Crippen LogP contribution in [-0.2, 0) is 4.79 Å². The van der Waals surface area contributed by atoms with Gasteiger partial charge in [0.25, 0.3) is 0 Å². The topological polar surface area (TPSA) is 49.3 Å². The maximum atomic E-state index is 10.7. The number of nitrogens with one attached hydrogen (secondary N) is 1. The average Bonchev–Trinajstić information content (AvgIpc) is 1.96. The van der Waals surface area contributed by atoms with E-state index in [0.29, 0.717) is 12.6 Å². The highest BCUT2D eigenvalue weighted by Gasteiger charge is 2.15. The van der Waals surface area contributed by atoms with Crippen molar-refractivity contribution >= 4 is 5.97 Å². The van der Waals surface area contributed by atoms with E-state index in [9.17, 15) is 4.79 Å². The number of hydrogen-bond acceptors (Lipinski definition) is 2. The lowest BCUT2D eigenvalue weighted by Crippen LogP contribution is -2.32. The molecule has 0 amide bonds. The van der Waals surface area contributed by atoms with Gasteiger partial charge in [0, 0.05) is 12.6 Å². The Hall–Kier alpha value is -0.570. The zero-order chi connectivity index (χ0) is 9.56. The molecule has 3 heteroatoms. The Morgan fingerprint density at radius 2 is 2.08 bits per heavy atom. The predicted molar refractivity (Wildman–Crippen MR) is 49.2 cm³/mol. The first-order chi connectivity index (χ1) is 5.57. The molecule has 1 atom stereocenters. The summed E-state index contributed by atoms with van der Waals surface area (Å²) in [4.78, 5) is 10.7. The molecule has 0 radical (unpaired) electrons. The van der Waals surface area contributed by atoms with Crippen molar-refractivity contribution in [1.29, 1.82) is 0 Å². The van der Waals surface area contributed by atoms with Crippen LogP contribution in [-0.4, -0.2) is 23.7 Å². The van der Waals surface area contributed by atoms with Gasteiger partial charge in [0.05, 0.1) is 5.92 Å². The highest BCUT2D eigenvalue weighted by atomic mass is 16.4. The third-order valence-corrected chi connectivity index (χ3v) is 1.76. The molecular formula is C9H19NO2. The molecule has 0 aliphatic carbocycles. The van der Waals surface area contributed by atoms with Gasteiger partial charge in [0.1, 0.15) is 0 Å². The minimum Gasteiger partial charge on any atom is -0.481 e. The fourth-order valence-electron chi connectivity index (χ4n) is 1.04. The fraction of sp³-hybridized carbons (Fsp3) is 0.889. The summed E-state index contributed by atoms with van der Waals surface area (Å²) in [5.74, 6) is -0.914. The molecule has 0 aliphatic heterocycles. The lowest BCUT2D eigenvalue weighted by molar-refractivity contribution is -0.141.